The third-order valence-electron chi connectivity index (χ3n) is 3.27. The van der Waals surface area contributed by atoms with E-state index >= 15 is 0 Å². The van der Waals surface area contributed by atoms with E-state index in [-0.39, 0.29) is 11.9 Å². The minimum absolute atomic E-state index is 0.165. The van der Waals surface area contributed by atoms with E-state index in [4.69, 9.17) is 0 Å². The molecule has 2 atom stereocenters. The molecular weight excluding hydrogens is 198 g/mol. The Morgan fingerprint density at radius 3 is 2.69 bits per heavy atom. The van der Waals surface area contributed by atoms with Gasteiger partial charge in [0.25, 0.3) is 0 Å². The van der Waals surface area contributed by atoms with Crippen molar-refractivity contribution in [3.8, 4) is 0 Å². The molecule has 0 aromatic heterocycles. The summed E-state index contributed by atoms with van der Waals surface area (Å²) in [6.07, 6.45) is 2.50. The average molecular weight is 215 g/mol. The van der Waals surface area contributed by atoms with Crippen molar-refractivity contribution in [2.75, 3.05) is 6.54 Å². The van der Waals surface area contributed by atoms with Crippen LogP contribution in [0.1, 0.15) is 24.9 Å². The summed E-state index contributed by atoms with van der Waals surface area (Å²) >= 11 is 0. The highest BCUT2D eigenvalue weighted by molar-refractivity contribution is 5.79. The van der Waals surface area contributed by atoms with Crippen molar-refractivity contribution in [2.24, 2.45) is 5.92 Å². The summed E-state index contributed by atoms with van der Waals surface area (Å²) in [7, 11) is 0. The van der Waals surface area contributed by atoms with Gasteiger partial charge in [-0.25, -0.2) is 0 Å². The van der Waals surface area contributed by atoms with Gasteiger partial charge in [-0.2, -0.15) is 0 Å². The zero-order valence-corrected chi connectivity index (χ0v) is 9.60. The molecule has 84 valence electrons. The predicted octanol–water partition coefficient (Wildman–Crippen LogP) is 2.78. The molecule has 0 saturated carbocycles. The maximum Gasteiger partial charge on any atom is 0.223 e. The molecule has 1 saturated heterocycles. The Hall–Kier alpha value is -1.57. The van der Waals surface area contributed by atoms with Crippen molar-refractivity contribution < 1.29 is 4.79 Å². The van der Waals surface area contributed by atoms with Crippen molar-refractivity contribution in [3.05, 3.63) is 48.6 Å². The lowest BCUT2D eigenvalue weighted by atomic mass is 10.1. The quantitative estimate of drug-likeness (QED) is 0.710. The second-order valence-electron chi connectivity index (χ2n) is 4.33. The summed E-state index contributed by atoms with van der Waals surface area (Å²) in [5.41, 5.74) is 1.19. The van der Waals surface area contributed by atoms with Crippen LogP contribution in [0.15, 0.2) is 43.0 Å². The first-order valence-corrected chi connectivity index (χ1v) is 5.69. The molecule has 2 heteroatoms. The molecule has 16 heavy (non-hydrogen) atoms. The van der Waals surface area contributed by atoms with Gasteiger partial charge >= 0.3 is 0 Å². The van der Waals surface area contributed by atoms with Crippen molar-refractivity contribution in [2.45, 2.75) is 19.4 Å². The van der Waals surface area contributed by atoms with Crippen LogP contribution in [-0.2, 0) is 4.79 Å². The maximum absolute atomic E-state index is 11.8. The molecule has 1 heterocycles. The van der Waals surface area contributed by atoms with Crippen LogP contribution in [0, 0.1) is 5.92 Å². The first-order valence-electron chi connectivity index (χ1n) is 5.69. The number of carbonyl (C=O) groups excluding carboxylic acids is 1. The van der Waals surface area contributed by atoms with Gasteiger partial charge in [-0.05, 0) is 12.5 Å². The van der Waals surface area contributed by atoms with Gasteiger partial charge in [0, 0.05) is 18.9 Å². The predicted molar refractivity (Wildman–Crippen MR) is 64.9 cm³/mol. The molecule has 0 spiro atoms. The summed E-state index contributed by atoms with van der Waals surface area (Å²) in [6.45, 7) is 6.65. The van der Waals surface area contributed by atoms with Gasteiger partial charge in [0.2, 0.25) is 5.91 Å². The van der Waals surface area contributed by atoms with E-state index in [2.05, 4.69) is 25.6 Å². The third kappa shape index (κ3) is 2.01. The Morgan fingerprint density at radius 1 is 1.44 bits per heavy atom. The van der Waals surface area contributed by atoms with E-state index in [9.17, 15) is 4.79 Å². The van der Waals surface area contributed by atoms with E-state index in [1.807, 2.05) is 29.2 Å². The molecule has 1 aromatic carbocycles. The highest BCUT2D eigenvalue weighted by atomic mass is 16.2. The van der Waals surface area contributed by atoms with Crippen molar-refractivity contribution in [1.82, 2.24) is 4.90 Å². The van der Waals surface area contributed by atoms with Gasteiger partial charge in [0.05, 0.1) is 6.04 Å². The molecule has 0 aliphatic carbocycles. The zero-order chi connectivity index (χ0) is 11.5. The third-order valence-corrected chi connectivity index (χ3v) is 3.27. The molecule has 0 radical (unpaired) electrons. The smallest absolute Gasteiger partial charge is 0.223 e. The van der Waals surface area contributed by atoms with E-state index in [1.165, 1.54) is 5.56 Å². The average Bonchev–Trinajstić information content (AvgIpc) is 2.71. The van der Waals surface area contributed by atoms with Crippen LogP contribution in [0.4, 0.5) is 0 Å². The molecule has 1 aliphatic rings. The van der Waals surface area contributed by atoms with Crippen molar-refractivity contribution >= 4 is 5.91 Å². The van der Waals surface area contributed by atoms with Crippen LogP contribution in [0.2, 0.25) is 0 Å². The van der Waals surface area contributed by atoms with E-state index in [0.717, 1.165) is 6.54 Å². The highest BCUT2D eigenvalue weighted by Crippen LogP contribution is 2.28. The Kier molecular flexibility index (Phi) is 3.09. The van der Waals surface area contributed by atoms with Gasteiger partial charge in [-0.3, -0.25) is 4.79 Å². The molecule has 0 N–H and O–H groups in total. The minimum atomic E-state index is 0.165. The number of benzene rings is 1. The number of hydrogen-bond acceptors (Lipinski definition) is 1. The summed E-state index contributed by atoms with van der Waals surface area (Å²) in [5.74, 6) is 0.555. The van der Waals surface area contributed by atoms with Gasteiger partial charge < -0.3 is 4.90 Å². The first kappa shape index (κ1) is 10.9. The van der Waals surface area contributed by atoms with Gasteiger partial charge in [-0.1, -0.05) is 36.4 Å². The molecule has 2 nitrogen and oxygen atoms in total. The normalized spacial score (nSPS) is 22.2. The summed E-state index contributed by atoms with van der Waals surface area (Å²) in [5, 5.41) is 0. The lowest BCUT2D eigenvalue weighted by molar-refractivity contribution is -0.129. The minimum Gasteiger partial charge on any atom is -0.335 e. The second kappa shape index (κ2) is 4.52. The Balaban J connectivity index is 2.14. The largest absolute Gasteiger partial charge is 0.335 e. The van der Waals surface area contributed by atoms with Crippen LogP contribution in [0.3, 0.4) is 0 Å². The molecule has 1 unspecified atom stereocenters. The monoisotopic (exact) mass is 215 g/mol. The van der Waals surface area contributed by atoms with Crippen LogP contribution in [0.5, 0.6) is 0 Å². The van der Waals surface area contributed by atoms with Crippen molar-refractivity contribution in [1.29, 1.82) is 0 Å². The van der Waals surface area contributed by atoms with Gasteiger partial charge in [0.15, 0.2) is 0 Å². The molecule has 2 rings (SSSR count). The standard InChI is InChI=1S/C14H17NO/c1-3-12-9-14(16)15(10-12)11(2)13-7-5-4-6-8-13/h3-8,11-12H,1,9-10H2,2H3/t11-,12?/m0/s1. The number of amides is 1. The summed E-state index contributed by atoms with van der Waals surface area (Å²) in [6, 6.07) is 10.3. The molecule has 1 aromatic rings. The SMILES string of the molecule is C=CC1CC(=O)N([C@@H](C)c2ccccc2)C1. The summed E-state index contributed by atoms with van der Waals surface area (Å²) in [4.78, 5) is 13.8. The topological polar surface area (TPSA) is 20.3 Å². The van der Waals surface area contributed by atoms with Crippen LogP contribution >= 0.6 is 0 Å². The van der Waals surface area contributed by atoms with E-state index in [0.29, 0.717) is 12.3 Å². The number of rotatable bonds is 3. The van der Waals surface area contributed by atoms with Crippen LogP contribution in [-0.4, -0.2) is 17.4 Å². The molecule has 1 fully saturated rings. The van der Waals surface area contributed by atoms with Crippen LogP contribution in [0.25, 0.3) is 0 Å². The second-order valence-corrected chi connectivity index (χ2v) is 4.33. The van der Waals surface area contributed by atoms with E-state index < -0.39 is 0 Å². The molecule has 1 amide bonds. The number of carbonyl (C=O) groups is 1. The molecular formula is C14H17NO. The number of nitrogens with zero attached hydrogens (tertiary/aromatic N) is 1. The number of likely N-dealkylation sites (tertiary alicyclic amines) is 1. The zero-order valence-electron chi connectivity index (χ0n) is 9.60. The van der Waals surface area contributed by atoms with Gasteiger partial charge in [-0.15, -0.1) is 6.58 Å². The first-order chi connectivity index (χ1) is 7.72. The molecule has 1 aliphatic heterocycles. The fraction of sp³-hybridized carbons (Fsp3) is 0.357. The fourth-order valence-electron chi connectivity index (χ4n) is 2.20. The van der Waals surface area contributed by atoms with Gasteiger partial charge in [0.1, 0.15) is 0 Å². The molecule has 0 bridgehead atoms. The summed E-state index contributed by atoms with van der Waals surface area (Å²) < 4.78 is 0. The lowest BCUT2D eigenvalue weighted by Gasteiger charge is -2.25. The maximum atomic E-state index is 11.8. The lowest BCUT2D eigenvalue weighted by Crippen LogP contribution is -2.28. The van der Waals surface area contributed by atoms with Crippen molar-refractivity contribution in [3.63, 3.8) is 0 Å². The van der Waals surface area contributed by atoms with Crippen LogP contribution < -0.4 is 0 Å². The fourth-order valence-corrected chi connectivity index (χ4v) is 2.20. The highest BCUT2D eigenvalue weighted by Gasteiger charge is 2.31. The Bertz CT molecular complexity index is 385. The Morgan fingerprint density at radius 2 is 2.12 bits per heavy atom. The van der Waals surface area contributed by atoms with E-state index in [1.54, 1.807) is 0 Å². The number of hydrogen-bond donors (Lipinski definition) is 0. The Labute approximate surface area is 96.6 Å².